The summed E-state index contributed by atoms with van der Waals surface area (Å²) >= 11 is 0. The van der Waals surface area contributed by atoms with Gasteiger partial charge in [0.2, 0.25) is 0 Å². The zero-order chi connectivity index (χ0) is 13.7. The zero-order valence-electron chi connectivity index (χ0n) is 11.8. The summed E-state index contributed by atoms with van der Waals surface area (Å²) in [5, 5.41) is 0. The Kier molecular flexibility index (Phi) is 5.63. The van der Waals surface area contributed by atoms with Crippen LogP contribution in [-0.2, 0) is 19.1 Å². The van der Waals surface area contributed by atoms with Crippen molar-refractivity contribution >= 4 is 11.9 Å². The van der Waals surface area contributed by atoms with Gasteiger partial charge in [-0.2, -0.15) is 0 Å². The van der Waals surface area contributed by atoms with Crippen molar-refractivity contribution in [3.8, 4) is 0 Å². The quantitative estimate of drug-likeness (QED) is 0.710. The van der Waals surface area contributed by atoms with Crippen molar-refractivity contribution in [1.29, 1.82) is 0 Å². The van der Waals surface area contributed by atoms with E-state index in [0.29, 0.717) is 11.8 Å². The molecule has 1 heterocycles. The monoisotopic (exact) mass is 256 g/mol. The van der Waals surface area contributed by atoms with E-state index in [1.165, 1.54) is 0 Å². The first kappa shape index (κ1) is 15.0. The molecule has 0 spiro atoms. The van der Waals surface area contributed by atoms with Gasteiger partial charge in [-0.3, -0.25) is 9.59 Å². The summed E-state index contributed by atoms with van der Waals surface area (Å²) < 4.78 is 10.6. The lowest BCUT2D eigenvalue weighted by atomic mass is 9.79. The average Bonchev–Trinajstić information content (AvgIpc) is 2.47. The fourth-order valence-corrected chi connectivity index (χ4v) is 2.68. The number of hydrogen-bond donors (Lipinski definition) is 0. The first-order valence-electron chi connectivity index (χ1n) is 6.88. The standard InChI is InChI=1S/C14H24O4/c1-5-10(6-2)13(9(3)4)14-17-11(15)7-8-12(16)18-14/h9-10,13-14H,5-8H2,1-4H3. The van der Waals surface area contributed by atoms with Gasteiger partial charge < -0.3 is 9.47 Å². The number of hydrogen-bond acceptors (Lipinski definition) is 4. The number of carbonyl (C=O) groups is 2. The van der Waals surface area contributed by atoms with Gasteiger partial charge in [-0.05, 0) is 11.8 Å². The van der Waals surface area contributed by atoms with Crippen LogP contribution in [0.25, 0.3) is 0 Å². The van der Waals surface area contributed by atoms with Crippen molar-refractivity contribution in [2.45, 2.75) is 59.7 Å². The fraction of sp³-hybridized carbons (Fsp3) is 0.857. The first-order valence-corrected chi connectivity index (χ1v) is 6.88. The molecule has 1 fully saturated rings. The molecule has 1 aliphatic heterocycles. The number of cyclic esters (lactones) is 2. The lowest BCUT2D eigenvalue weighted by Gasteiger charge is -2.33. The Morgan fingerprint density at radius 1 is 1.06 bits per heavy atom. The Labute approximate surface area is 109 Å². The second-order valence-corrected chi connectivity index (χ2v) is 5.25. The highest BCUT2D eigenvalue weighted by Crippen LogP contribution is 2.33. The van der Waals surface area contributed by atoms with Gasteiger partial charge in [0, 0.05) is 5.92 Å². The predicted octanol–water partition coefficient (Wildman–Crippen LogP) is 2.90. The summed E-state index contributed by atoms with van der Waals surface area (Å²) in [5.74, 6) is 0.114. The minimum absolute atomic E-state index is 0.0750. The van der Waals surface area contributed by atoms with E-state index >= 15 is 0 Å². The van der Waals surface area contributed by atoms with Gasteiger partial charge in [0.15, 0.2) is 0 Å². The van der Waals surface area contributed by atoms with Gasteiger partial charge in [0.1, 0.15) is 0 Å². The van der Waals surface area contributed by atoms with Crippen LogP contribution in [0.4, 0.5) is 0 Å². The van der Waals surface area contributed by atoms with Crippen molar-refractivity contribution < 1.29 is 19.1 Å². The number of rotatable bonds is 5. The van der Waals surface area contributed by atoms with Gasteiger partial charge >= 0.3 is 11.9 Å². The topological polar surface area (TPSA) is 52.6 Å². The Hall–Kier alpha value is -1.06. The molecule has 1 atom stereocenters. The van der Waals surface area contributed by atoms with Crippen LogP contribution in [0.15, 0.2) is 0 Å². The Bertz CT molecular complexity index is 276. The van der Waals surface area contributed by atoms with Crippen molar-refractivity contribution in [3.05, 3.63) is 0 Å². The van der Waals surface area contributed by atoms with Crippen molar-refractivity contribution in [3.63, 3.8) is 0 Å². The third kappa shape index (κ3) is 3.72. The second kappa shape index (κ2) is 6.76. The molecule has 1 rings (SSSR count). The molecule has 4 nitrogen and oxygen atoms in total. The average molecular weight is 256 g/mol. The Morgan fingerprint density at radius 2 is 1.50 bits per heavy atom. The lowest BCUT2D eigenvalue weighted by Crippen LogP contribution is -2.37. The highest BCUT2D eigenvalue weighted by molar-refractivity contribution is 5.79. The van der Waals surface area contributed by atoms with Crippen LogP contribution in [0.5, 0.6) is 0 Å². The van der Waals surface area contributed by atoms with E-state index in [4.69, 9.17) is 9.47 Å². The van der Waals surface area contributed by atoms with E-state index in [-0.39, 0.29) is 30.7 Å². The van der Waals surface area contributed by atoms with Crippen molar-refractivity contribution in [2.75, 3.05) is 0 Å². The molecule has 0 amide bonds. The molecular formula is C14H24O4. The molecule has 4 heteroatoms. The molecular weight excluding hydrogens is 232 g/mol. The first-order chi connectivity index (χ1) is 8.49. The molecule has 18 heavy (non-hydrogen) atoms. The third-order valence-electron chi connectivity index (χ3n) is 3.71. The maximum Gasteiger partial charge on any atom is 0.309 e. The molecule has 0 aromatic carbocycles. The Balaban J connectivity index is 2.88. The molecule has 0 aliphatic carbocycles. The smallest absolute Gasteiger partial charge is 0.309 e. The van der Waals surface area contributed by atoms with E-state index in [2.05, 4.69) is 27.7 Å². The van der Waals surface area contributed by atoms with Gasteiger partial charge in [-0.15, -0.1) is 0 Å². The Morgan fingerprint density at radius 3 is 1.83 bits per heavy atom. The molecule has 1 saturated heterocycles. The normalized spacial score (nSPS) is 19.7. The summed E-state index contributed by atoms with van der Waals surface area (Å²) in [6.45, 7) is 8.39. The fourth-order valence-electron chi connectivity index (χ4n) is 2.68. The summed E-state index contributed by atoms with van der Waals surface area (Å²) in [4.78, 5) is 23.0. The van der Waals surface area contributed by atoms with E-state index in [1.807, 2.05) is 0 Å². The minimum Gasteiger partial charge on any atom is -0.425 e. The summed E-state index contributed by atoms with van der Waals surface area (Å²) in [7, 11) is 0. The van der Waals surface area contributed by atoms with Crippen LogP contribution in [0.1, 0.15) is 53.4 Å². The SMILES string of the molecule is CCC(CC)C(C(C)C)C1OC(=O)CCC(=O)O1. The third-order valence-corrected chi connectivity index (χ3v) is 3.71. The van der Waals surface area contributed by atoms with Gasteiger partial charge in [0.25, 0.3) is 6.29 Å². The molecule has 0 radical (unpaired) electrons. The van der Waals surface area contributed by atoms with Crippen LogP contribution in [0, 0.1) is 17.8 Å². The molecule has 0 saturated carbocycles. The maximum atomic E-state index is 11.5. The highest BCUT2D eigenvalue weighted by atomic mass is 16.7. The van der Waals surface area contributed by atoms with E-state index in [0.717, 1.165) is 12.8 Å². The van der Waals surface area contributed by atoms with Crippen LogP contribution in [0.2, 0.25) is 0 Å². The molecule has 104 valence electrons. The van der Waals surface area contributed by atoms with Crippen LogP contribution in [-0.4, -0.2) is 18.2 Å². The van der Waals surface area contributed by atoms with Crippen molar-refractivity contribution in [1.82, 2.24) is 0 Å². The number of esters is 2. The maximum absolute atomic E-state index is 11.5. The molecule has 0 aromatic rings. The molecule has 0 N–H and O–H groups in total. The minimum atomic E-state index is -0.711. The second-order valence-electron chi connectivity index (χ2n) is 5.25. The largest absolute Gasteiger partial charge is 0.425 e. The molecule has 1 aliphatic rings. The molecule has 0 bridgehead atoms. The predicted molar refractivity (Wildman–Crippen MR) is 67.6 cm³/mol. The summed E-state index contributed by atoms with van der Waals surface area (Å²) in [6, 6.07) is 0. The van der Waals surface area contributed by atoms with Crippen molar-refractivity contribution in [2.24, 2.45) is 17.8 Å². The molecule has 1 unspecified atom stereocenters. The van der Waals surface area contributed by atoms with E-state index < -0.39 is 6.29 Å². The van der Waals surface area contributed by atoms with E-state index in [9.17, 15) is 9.59 Å². The summed E-state index contributed by atoms with van der Waals surface area (Å²) in [5.41, 5.74) is 0. The highest BCUT2D eigenvalue weighted by Gasteiger charge is 2.37. The number of ether oxygens (including phenoxy) is 2. The van der Waals surface area contributed by atoms with Gasteiger partial charge in [-0.25, -0.2) is 0 Å². The zero-order valence-corrected chi connectivity index (χ0v) is 11.8. The van der Waals surface area contributed by atoms with Crippen LogP contribution < -0.4 is 0 Å². The lowest BCUT2D eigenvalue weighted by molar-refractivity contribution is -0.198. The van der Waals surface area contributed by atoms with Gasteiger partial charge in [-0.1, -0.05) is 40.5 Å². The number of carbonyl (C=O) groups excluding carboxylic acids is 2. The van der Waals surface area contributed by atoms with E-state index in [1.54, 1.807) is 0 Å². The van der Waals surface area contributed by atoms with Gasteiger partial charge in [0.05, 0.1) is 12.8 Å². The molecule has 0 aromatic heterocycles. The van der Waals surface area contributed by atoms with Crippen LogP contribution in [0.3, 0.4) is 0 Å². The summed E-state index contributed by atoms with van der Waals surface area (Å²) in [6.07, 6.45) is 1.53. The van der Waals surface area contributed by atoms with Crippen LogP contribution >= 0.6 is 0 Å².